The van der Waals surface area contributed by atoms with Crippen LogP contribution in [0.15, 0.2) is 40.9 Å². The second-order valence-electron chi connectivity index (χ2n) is 6.38. The number of ketones is 1. The van der Waals surface area contributed by atoms with Crippen LogP contribution in [-0.2, 0) is 11.3 Å². The van der Waals surface area contributed by atoms with Gasteiger partial charge in [-0.2, -0.15) is 0 Å². The Balaban J connectivity index is 1.41. The Hall–Kier alpha value is -2.47. The fraction of sp³-hybridized carbons (Fsp3) is 0.421. The molecule has 6 nitrogen and oxygen atoms in total. The van der Waals surface area contributed by atoms with Crippen LogP contribution in [0.4, 0.5) is 0 Å². The molecule has 0 aliphatic carbocycles. The minimum atomic E-state index is 0.0216. The van der Waals surface area contributed by atoms with E-state index in [1.807, 2.05) is 36.1 Å². The largest absolute Gasteiger partial charge is 0.360 e. The SMILES string of the molecule is Cc1cc(CN2CCN(C(=O)CCC(=O)c3ccccc3)CC2)on1. The Morgan fingerprint density at radius 1 is 1.08 bits per heavy atom. The monoisotopic (exact) mass is 341 g/mol. The quantitative estimate of drug-likeness (QED) is 0.754. The fourth-order valence-electron chi connectivity index (χ4n) is 3.01. The van der Waals surface area contributed by atoms with Gasteiger partial charge in [0, 0.05) is 50.7 Å². The maximum absolute atomic E-state index is 12.3. The number of rotatable bonds is 6. The van der Waals surface area contributed by atoms with E-state index in [2.05, 4.69) is 10.1 Å². The van der Waals surface area contributed by atoms with Gasteiger partial charge in [0.25, 0.3) is 0 Å². The molecule has 1 aliphatic rings. The van der Waals surface area contributed by atoms with Gasteiger partial charge in [-0.1, -0.05) is 35.5 Å². The molecule has 2 aromatic rings. The number of hydrogen-bond acceptors (Lipinski definition) is 5. The number of aromatic nitrogens is 1. The third-order valence-electron chi connectivity index (χ3n) is 4.44. The molecule has 1 amide bonds. The normalized spacial score (nSPS) is 15.3. The summed E-state index contributed by atoms with van der Waals surface area (Å²) in [5, 5.41) is 3.89. The molecule has 0 bridgehead atoms. The highest BCUT2D eigenvalue weighted by molar-refractivity contribution is 5.97. The number of amides is 1. The molecule has 0 radical (unpaired) electrons. The van der Waals surface area contributed by atoms with Crippen LogP contribution in [0.2, 0.25) is 0 Å². The van der Waals surface area contributed by atoms with Crippen molar-refractivity contribution in [3.63, 3.8) is 0 Å². The van der Waals surface area contributed by atoms with E-state index in [4.69, 9.17) is 4.52 Å². The molecule has 1 aromatic heterocycles. The number of Topliss-reactive ketones (excluding diaryl/α,β-unsaturated/α-hetero) is 1. The average Bonchev–Trinajstić information content (AvgIpc) is 3.05. The van der Waals surface area contributed by atoms with Crippen LogP contribution >= 0.6 is 0 Å². The summed E-state index contributed by atoms with van der Waals surface area (Å²) in [6.45, 7) is 5.60. The molecule has 0 N–H and O–H groups in total. The topological polar surface area (TPSA) is 66.7 Å². The number of aryl methyl sites for hydroxylation is 1. The molecule has 0 atom stereocenters. The minimum absolute atomic E-state index is 0.0216. The van der Waals surface area contributed by atoms with Crippen LogP contribution in [0.3, 0.4) is 0 Å². The number of carbonyl (C=O) groups is 2. The molecule has 1 saturated heterocycles. The van der Waals surface area contributed by atoms with Crippen molar-refractivity contribution < 1.29 is 14.1 Å². The lowest BCUT2D eigenvalue weighted by atomic mass is 10.1. The summed E-state index contributed by atoms with van der Waals surface area (Å²) < 4.78 is 5.24. The van der Waals surface area contributed by atoms with Crippen LogP contribution in [0.5, 0.6) is 0 Å². The van der Waals surface area contributed by atoms with Crippen molar-refractivity contribution in [1.29, 1.82) is 0 Å². The number of benzene rings is 1. The molecule has 1 aromatic carbocycles. The van der Waals surface area contributed by atoms with Crippen molar-refractivity contribution in [1.82, 2.24) is 15.0 Å². The van der Waals surface area contributed by atoms with Gasteiger partial charge in [0.2, 0.25) is 5.91 Å². The van der Waals surface area contributed by atoms with Gasteiger partial charge >= 0.3 is 0 Å². The van der Waals surface area contributed by atoms with Crippen LogP contribution < -0.4 is 0 Å². The van der Waals surface area contributed by atoms with Crippen molar-refractivity contribution in [2.24, 2.45) is 0 Å². The molecular weight excluding hydrogens is 318 g/mol. The standard InChI is InChI=1S/C19H23N3O3/c1-15-13-17(25-20-15)14-21-9-11-22(12-10-21)19(24)8-7-18(23)16-5-3-2-4-6-16/h2-6,13H,7-12,14H2,1H3. The zero-order valence-corrected chi connectivity index (χ0v) is 14.5. The first kappa shape index (κ1) is 17.4. The number of hydrogen-bond donors (Lipinski definition) is 0. The second kappa shape index (κ2) is 8.07. The van der Waals surface area contributed by atoms with Crippen molar-refractivity contribution in [2.45, 2.75) is 26.3 Å². The average molecular weight is 341 g/mol. The number of piperazine rings is 1. The van der Waals surface area contributed by atoms with Gasteiger partial charge in [0.05, 0.1) is 12.2 Å². The maximum Gasteiger partial charge on any atom is 0.223 e. The highest BCUT2D eigenvalue weighted by Crippen LogP contribution is 2.12. The molecule has 0 spiro atoms. The Morgan fingerprint density at radius 3 is 2.44 bits per heavy atom. The molecule has 1 aliphatic heterocycles. The predicted molar refractivity (Wildman–Crippen MR) is 93.1 cm³/mol. The minimum Gasteiger partial charge on any atom is -0.360 e. The number of carbonyl (C=O) groups excluding carboxylic acids is 2. The van der Waals surface area contributed by atoms with E-state index in [9.17, 15) is 9.59 Å². The van der Waals surface area contributed by atoms with Gasteiger partial charge in [-0.15, -0.1) is 0 Å². The van der Waals surface area contributed by atoms with E-state index >= 15 is 0 Å². The summed E-state index contributed by atoms with van der Waals surface area (Å²) in [6, 6.07) is 11.1. The molecule has 6 heteroatoms. The Kier molecular flexibility index (Phi) is 5.60. The number of nitrogens with zero attached hydrogens (tertiary/aromatic N) is 3. The lowest BCUT2D eigenvalue weighted by molar-refractivity contribution is -0.133. The van der Waals surface area contributed by atoms with Gasteiger partial charge in [-0.05, 0) is 6.92 Å². The summed E-state index contributed by atoms with van der Waals surface area (Å²) >= 11 is 0. The first-order valence-electron chi connectivity index (χ1n) is 8.62. The molecule has 1 fully saturated rings. The Labute approximate surface area is 147 Å². The van der Waals surface area contributed by atoms with Crippen LogP contribution in [-0.4, -0.2) is 52.8 Å². The van der Waals surface area contributed by atoms with Crippen LogP contribution in [0.1, 0.15) is 34.7 Å². The molecule has 25 heavy (non-hydrogen) atoms. The summed E-state index contributed by atoms with van der Waals surface area (Å²) in [4.78, 5) is 28.5. The van der Waals surface area contributed by atoms with E-state index in [-0.39, 0.29) is 24.5 Å². The van der Waals surface area contributed by atoms with Gasteiger partial charge in [-0.3, -0.25) is 14.5 Å². The lowest BCUT2D eigenvalue weighted by Gasteiger charge is -2.34. The fourth-order valence-corrected chi connectivity index (χ4v) is 3.01. The van der Waals surface area contributed by atoms with E-state index < -0.39 is 0 Å². The van der Waals surface area contributed by atoms with Crippen molar-refractivity contribution in [2.75, 3.05) is 26.2 Å². The molecule has 3 rings (SSSR count). The van der Waals surface area contributed by atoms with Gasteiger partial charge in [-0.25, -0.2) is 0 Å². The van der Waals surface area contributed by atoms with Gasteiger partial charge in [0.1, 0.15) is 0 Å². The molecule has 132 valence electrons. The zero-order valence-electron chi connectivity index (χ0n) is 14.5. The van der Waals surface area contributed by atoms with E-state index in [0.29, 0.717) is 18.7 Å². The maximum atomic E-state index is 12.3. The lowest BCUT2D eigenvalue weighted by Crippen LogP contribution is -2.48. The molecular formula is C19H23N3O3. The van der Waals surface area contributed by atoms with E-state index in [0.717, 1.165) is 31.1 Å². The smallest absolute Gasteiger partial charge is 0.223 e. The summed E-state index contributed by atoms with van der Waals surface area (Å²) in [5.41, 5.74) is 1.55. The van der Waals surface area contributed by atoms with E-state index in [1.54, 1.807) is 12.1 Å². The van der Waals surface area contributed by atoms with Gasteiger partial charge in [0.15, 0.2) is 11.5 Å². The van der Waals surface area contributed by atoms with Crippen LogP contribution in [0.25, 0.3) is 0 Å². The van der Waals surface area contributed by atoms with Crippen molar-refractivity contribution >= 4 is 11.7 Å². The third-order valence-corrected chi connectivity index (χ3v) is 4.44. The first-order valence-corrected chi connectivity index (χ1v) is 8.62. The van der Waals surface area contributed by atoms with Crippen LogP contribution in [0, 0.1) is 6.92 Å². The van der Waals surface area contributed by atoms with Crippen molar-refractivity contribution in [3.05, 3.63) is 53.4 Å². The Bertz CT molecular complexity index is 719. The summed E-state index contributed by atoms with van der Waals surface area (Å²) in [5.74, 6) is 0.929. The second-order valence-corrected chi connectivity index (χ2v) is 6.38. The Morgan fingerprint density at radius 2 is 1.80 bits per heavy atom. The predicted octanol–water partition coefficient (Wildman–Crippen LogP) is 2.29. The summed E-state index contributed by atoms with van der Waals surface area (Å²) in [7, 11) is 0. The highest BCUT2D eigenvalue weighted by atomic mass is 16.5. The molecule has 0 unspecified atom stereocenters. The first-order chi connectivity index (χ1) is 12.1. The summed E-state index contributed by atoms with van der Waals surface area (Å²) in [6.07, 6.45) is 0.537. The van der Waals surface area contributed by atoms with E-state index in [1.165, 1.54) is 0 Å². The van der Waals surface area contributed by atoms with Crippen molar-refractivity contribution in [3.8, 4) is 0 Å². The zero-order chi connectivity index (χ0) is 17.6. The van der Waals surface area contributed by atoms with Gasteiger partial charge < -0.3 is 9.42 Å². The molecule has 2 heterocycles. The highest BCUT2D eigenvalue weighted by Gasteiger charge is 2.22. The molecule has 0 saturated carbocycles. The third kappa shape index (κ3) is 4.76.